The second-order valence-electron chi connectivity index (χ2n) is 7.17. The Morgan fingerprint density at radius 1 is 1.06 bits per heavy atom. The molecule has 0 atom stereocenters. The van der Waals surface area contributed by atoms with Crippen LogP contribution in [0.1, 0.15) is 21.5 Å². The number of amides is 2. The summed E-state index contributed by atoms with van der Waals surface area (Å²) in [5.74, 6) is -1.05. The van der Waals surface area contributed by atoms with E-state index in [-0.39, 0.29) is 33.5 Å². The van der Waals surface area contributed by atoms with Gasteiger partial charge in [-0.2, -0.15) is 0 Å². The van der Waals surface area contributed by atoms with E-state index in [0.29, 0.717) is 11.1 Å². The first kappa shape index (κ1) is 23.5. The van der Waals surface area contributed by atoms with Gasteiger partial charge in [-0.3, -0.25) is 14.5 Å². The Morgan fingerprint density at radius 2 is 1.79 bits per heavy atom. The van der Waals surface area contributed by atoms with Crippen LogP contribution in [0.2, 0.25) is 5.02 Å². The summed E-state index contributed by atoms with van der Waals surface area (Å²) in [7, 11) is 1.42. The van der Waals surface area contributed by atoms with Gasteiger partial charge < -0.3 is 9.47 Å². The van der Waals surface area contributed by atoms with Gasteiger partial charge in [0.05, 0.1) is 29.1 Å². The average molecular weight is 498 g/mol. The van der Waals surface area contributed by atoms with Crippen LogP contribution in [0.15, 0.2) is 71.6 Å². The Balaban J connectivity index is 1.52. The molecule has 6 nitrogen and oxygen atoms in total. The minimum atomic E-state index is -0.640. The van der Waals surface area contributed by atoms with Gasteiger partial charge in [0.1, 0.15) is 5.82 Å². The first-order chi connectivity index (χ1) is 16.4. The van der Waals surface area contributed by atoms with Gasteiger partial charge in [0, 0.05) is 0 Å². The molecule has 0 N–H and O–H groups in total. The molecule has 1 heterocycles. The van der Waals surface area contributed by atoms with Crippen LogP contribution in [0.4, 0.5) is 9.18 Å². The number of nitrogens with zero attached hydrogens (tertiary/aromatic N) is 1. The van der Waals surface area contributed by atoms with Crippen molar-refractivity contribution in [3.05, 3.63) is 99.2 Å². The molecule has 1 aliphatic rings. The van der Waals surface area contributed by atoms with Gasteiger partial charge in [0.2, 0.25) is 0 Å². The number of ether oxygens (including phenoxy) is 2. The number of carbonyl (C=O) groups is 3. The first-order valence-corrected chi connectivity index (χ1v) is 11.2. The third-order valence-electron chi connectivity index (χ3n) is 4.91. The molecule has 34 heavy (non-hydrogen) atoms. The standard InChI is InChI=1S/C25H17ClFNO5S/c1-32-21-12-16(8-11-20(21)33-24(30)18-4-2-3-5-19(18)26)13-22-23(29)28(25(31)34-22)14-15-6-9-17(27)10-7-15/h2-13H,14H2,1H3/b22-13-. The predicted octanol–water partition coefficient (Wildman–Crippen LogP) is 5.94. The summed E-state index contributed by atoms with van der Waals surface area (Å²) in [5, 5.41) is -0.155. The van der Waals surface area contributed by atoms with Crippen LogP contribution < -0.4 is 9.47 Å². The molecule has 0 saturated carbocycles. The van der Waals surface area contributed by atoms with Crippen molar-refractivity contribution in [2.45, 2.75) is 6.54 Å². The molecule has 1 aliphatic heterocycles. The Kier molecular flexibility index (Phi) is 7.00. The molecule has 1 saturated heterocycles. The average Bonchev–Trinajstić information content (AvgIpc) is 3.08. The second kappa shape index (κ2) is 10.1. The smallest absolute Gasteiger partial charge is 0.345 e. The minimum Gasteiger partial charge on any atom is -0.493 e. The summed E-state index contributed by atoms with van der Waals surface area (Å²) < 4.78 is 23.9. The molecule has 0 aliphatic carbocycles. The molecule has 4 rings (SSSR count). The molecule has 3 aromatic rings. The van der Waals surface area contributed by atoms with E-state index in [1.807, 2.05) is 0 Å². The Morgan fingerprint density at radius 3 is 2.50 bits per heavy atom. The predicted molar refractivity (Wildman–Crippen MR) is 127 cm³/mol. The zero-order chi connectivity index (χ0) is 24.2. The molecule has 2 amide bonds. The molecular weight excluding hydrogens is 481 g/mol. The molecular formula is C25H17ClFNO5S. The SMILES string of the molecule is COc1cc(/C=C2\SC(=O)N(Cc3ccc(F)cc3)C2=O)ccc1OC(=O)c1ccccc1Cl. The summed E-state index contributed by atoms with van der Waals surface area (Å²) in [5.41, 5.74) is 1.42. The van der Waals surface area contributed by atoms with E-state index in [9.17, 15) is 18.8 Å². The molecule has 172 valence electrons. The van der Waals surface area contributed by atoms with E-state index in [4.69, 9.17) is 21.1 Å². The van der Waals surface area contributed by atoms with Crippen molar-refractivity contribution >= 4 is 46.6 Å². The monoisotopic (exact) mass is 497 g/mol. The molecule has 0 spiro atoms. The maximum atomic E-state index is 13.1. The van der Waals surface area contributed by atoms with Crippen molar-refractivity contribution in [1.29, 1.82) is 0 Å². The number of thioether (sulfide) groups is 1. The third kappa shape index (κ3) is 5.13. The van der Waals surface area contributed by atoms with E-state index >= 15 is 0 Å². The van der Waals surface area contributed by atoms with Gasteiger partial charge >= 0.3 is 5.97 Å². The zero-order valence-corrected chi connectivity index (χ0v) is 19.4. The fraction of sp³-hybridized carbons (Fsp3) is 0.0800. The molecule has 0 radical (unpaired) electrons. The van der Waals surface area contributed by atoms with Crippen molar-refractivity contribution < 1.29 is 28.2 Å². The highest BCUT2D eigenvalue weighted by Crippen LogP contribution is 2.35. The zero-order valence-electron chi connectivity index (χ0n) is 17.8. The molecule has 0 unspecified atom stereocenters. The maximum absolute atomic E-state index is 13.1. The highest BCUT2D eigenvalue weighted by atomic mass is 35.5. The van der Waals surface area contributed by atoms with E-state index in [1.54, 1.807) is 42.5 Å². The Labute approximate surface area is 203 Å². The van der Waals surface area contributed by atoms with Crippen molar-refractivity contribution in [1.82, 2.24) is 4.90 Å². The second-order valence-corrected chi connectivity index (χ2v) is 8.57. The fourth-order valence-electron chi connectivity index (χ4n) is 3.20. The topological polar surface area (TPSA) is 72.9 Å². The lowest BCUT2D eigenvalue weighted by Crippen LogP contribution is -2.27. The first-order valence-electron chi connectivity index (χ1n) is 10.0. The van der Waals surface area contributed by atoms with Crippen LogP contribution in [-0.4, -0.2) is 29.1 Å². The molecule has 3 aromatic carbocycles. The summed E-state index contributed by atoms with van der Waals surface area (Å²) in [6.07, 6.45) is 1.55. The van der Waals surface area contributed by atoms with Crippen LogP contribution in [0.3, 0.4) is 0 Å². The minimum absolute atomic E-state index is 0.0442. The normalized spacial score (nSPS) is 14.6. The molecule has 1 fully saturated rings. The van der Waals surface area contributed by atoms with Crippen molar-refractivity contribution in [2.75, 3.05) is 7.11 Å². The number of rotatable bonds is 6. The summed E-state index contributed by atoms with van der Waals surface area (Å²) in [6, 6.07) is 16.9. The largest absolute Gasteiger partial charge is 0.493 e. The lowest BCUT2D eigenvalue weighted by molar-refractivity contribution is -0.123. The number of hydrogen-bond acceptors (Lipinski definition) is 6. The highest BCUT2D eigenvalue weighted by Gasteiger charge is 2.35. The van der Waals surface area contributed by atoms with E-state index < -0.39 is 22.9 Å². The number of benzene rings is 3. The van der Waals surface area contributed by atoms with Gasteiger partial charge in [-0.15, -0.1) is 0 Å². The van der Waals surface area contributed by atoms with Crippen LogP contribution in [0.5, 0.6) is 11.5 Å². The van der Waals surface area contributed by atoms with Gasteiger partial charge in [-0.1, -0.05) is 41.9 Å². The Bertz CT molecular complexity index is 1310. The summed E-state index contributed by atoms with van der Waals surface area (Å²) in [4.78, 5) is 38.9. The van der Waals surface area contributed by atoms with Crippen LogP contribution in [-0.2, 0) is 11.3 Å². The molecule has 9 heteroatoms. The Hall–Kier alpha value is -3.62. The van der Waals surface area contributed by atoms with Gasteiger partial charge in [-0.25, -0.2) is 9.18 Å². The van der Waals surface area contributed by atoms with Crippen molar-refractivity contribution in [3.63, 3.8) is 0 Å². The van der Waals surface area contributed by atoms with Gasteiger partial charge in [0.15, 0.2) is 11.5 Å². The van der Waals surface area contributed by atoms with Crippen LogP contribution >= 0.6 is 23.4 Å². The lowest BCUT2D eigenvalue weighted by atomic mass is 10.1. The maximum Gasteiger partial charge on any atom is 0.345 e. The van der Waals surface area contributed by atoms with E-state index in [1.165, 1.54) is 37.4 Å². The quantitative estimate of drug-likeness (QED) is 0.238. The number of hydrogen-bond donors (Lipinski definition) is 0. The van der Waals surface area contributed by atoms with Gasteiger partial charge in [-0.05, 0) is 65.4 Å². The molecule has 0 bridgehead atoms. The summed E-state index contributed by atoms with van der Waals surface area (Å²) in [6.45, 7) is 0.0442. The fourth-order valence-corrected chi connectivity index (χ4v) is 4.25. The van der Waals surface area contributed by atoms with Crippen LogP contribution in [0, 0.1) is 5.82 Å². The van der Waals surface area contributed by atoms with Crippen LogP contribution in [0.25, 0.3) is 6.08 Å². The van der Waals surface area contributed by atoms with Gasteiger partial charge in [0.25, 0.3) is 11.1 Å². The third-order valence-corrected chi connectivity index (χ3v) is 6.15. The van der Waals surface area contributed by atoms with E-state index in [2.05, 4.69) is 0 Å². The summed E-state index contributed by atoms with van der Waals surface area (Å²) >= 11 is 6.86. The number of imide groups is 1. The number of halogens is 2. The lowest BCUT2D eigenvalue weighted by Gasteiger charge is -2.12. The number of carbonyl (C=O) groups excluding carboxylic acids is 3. The van der Waals surface area contributed by atoms with Crippen molar-refractivity contribution in [2.24, 2.45) is 0 Å². The van der Waals surface area contributed by atoms with E-state index in [0.717, 1.165) is 16.7 Å². The molecule has 0 aromatic heterocycles. The number of methoxy groups -OCH3 is 1. The highest BCUT2D eigenvalue weighted by molar-refractivity contribution is 8.18. The van der Waals surface area contributed by atoms with Crippen molar-refractivity contribution in [3.8, 4) is 11.5 Å². The number of esters is 1.